The third kappa shape index (κ3) is 3.16. The molecule has 21 heavy (non-hydrogen) atoms. The first-order valence-electron chi connectivity index (χ1n) is 6.81. The van der Waals surface area contributed by atoms with Crippen molar-refractivity contribution in [3.05, 3.63) is 63.9 Å². The summed E-state index contributed by atoms with van der Waals surface area (Å²) >= 11 is 5.12. The molecule has 0 aromatic heterocycles. The molecule has 5 heteroatoms. The summed E-state index contributed by atoms with van der Waals surface area (Å²) in [5.41, 5.74) is 4.88. The molecule has 1 aliphatic heterocycles. The first-order valence-corrected chi connectivity index (χ1v) is 8.58. The lowest BCUT2D eigenvalue weighted by Crippen LogP contribution is -2.41. The van der Waals surface area contributed by atoms with Crippen LogP contribution >= 0.6 is 27.7 Å². The van der Waals surface area contributed by atoms with Crippen LogP contribution in [0.1, 0.15) is 17.0 Å². The lowest BCUT2D eigenvalue weighted by atomic mass is 9.89. The predicted molar refractivity (Wildman–Crippen MR) is 88.8 cm³/mol. The minimum atomic E-state index is -0.191. The van der Waals surface area contributed by atoms with Crippen molar-refractivity contribution in [2.24, 2.45) is 5.84 Å². The van der Waals surface area contributed by atoms with Crippen LogP contribution in [0.4, 0.5) is 4.39 Å². The zero-order valence-corrected chi connectivity index (χ0v) is 13.8. The SMILES string of the molecule is NNC(Cc1ccc(Br)cc1F)C1CSc2ccccc21. The van der Waals surface area contributed by atoms with Gasteiger partial charge in [-0.1, -0.05) is 40.2 Å². The minimum absolute atomic E-state index is 0.0248. The quantitative estimate of drug-likeness (QED) is 0.637. The van der Waals surface area contributed by atoms with E-state index >= 15 is 0 Å². The van der Waals surface area contributed by atoms with Crippen molar-refractivity contribution in [1.29, 1.82) is 0 Å². The van der Waals surface area contributed by atoms with E-state index in [2.05, 4.69) is 33.5 Å². The van der Waals surface area contributed by atoms with Crippen LogP contribution in [-0.2, 0) is 6.42 Å². The summed E-state index contributed by atoms with van der Waals surface area (Å²) in [6.07, 6.45) is 0.579. The summed E-state index contributed by atoms with van der Waals surface area (Å²) < 4.78 is 14.8. The van der Waals surface area contributed by atoms with E-state index in [1.807, 2.05) is 36.0 Å². The van der Waals surface area contributed by atoms with Crippen LogP contribution < -0.4 is 11.3 Å². The van der Waals surface area contributed by atoms with Gasteiger partial charge in [-0.25, -0.2) is 4.39 Å². The van der Waals surface area contributed by atoms with E-state index in [1.165, 1.54) is 16.5 Å². The Balaban J connectivity index is 1.83. The van der Waals surface area contributed by atoms with Crippen LogP contribution in [0.2, 0.25) is 0 Å². The summed E-state index contributed by atoms with van der Waals surface area (Å²) in [7, 11) is 0. The molecule has 1 heterocycles. The molecular formula is C16H16BrFN2S. The maximum absolute atomic E-state index is 14.0. The summed E-state index contributed by atoms with van der Waals surface area (Å²) in [6.45, 7) is 0. The van der Waals surface area contributed by atoms with Crippen molar-refractivity contribution < 1.29 is 4.39 Å². The maximum atomic E-state index is 14.0. The van der Waals surface area contributed by atoms with Crippen molar-refractivity contribution in [3.63, 3.8) is 0 Å². The molecule has 0 fully saturated rings. The van der Waals surface area contributed by atoms with Crippen LogP contribution in [0.25, 0.3) is 0 Å². The number of fused-ring (bicyclic) bond motifs is 1. The van der Waals surface area contributed by atoms with Gasteiger partial charge in [-0.3, -0.25) is 11.3 Å². The molecule has 3 N–H and O–H groups in total. The highest BCUT2D eigenvalue weighted by Gasteiger charge is 2.30. The topological polar surface area (TPSA) is 38.0 Å². The summed E-state index contributed by atoms with van der Waals surface area (Å²) in [5.74, 6) is 6.84. The Hall–Kier alpha value is -0.880. The average molecular weight is 367 g/mol. The fourth-order valence-electron chi connectivity index (χ4n) is 2.76. The molecular weight excluding hydrogens is 351 g/mol. The number of hydrogen-bond acceptors (Lipinski definition) is 3. The Kier molecular flexibility index (Phi) is 4.64. The summed E-state index contributed by atoms with van der Waals surface area (Å²) in [5, 5.41) is 0. The smallest absolute Gasteiger partial charge is 0.127 e. The molecule has 2 aromatic rings. The number of nitrogens with one attached hydrogen (secondary N) is 1. The molecule has 2 atom stereocenters. The fraction of sp³-hybridized carbons (Fsp3) is 0.250. The molecule has 0 saturated carbocycles. The first kappa shape index (κ1) is 15.0. The van der Waals surface area contributed by atoms with Crippen molar-refractivity contribution >= 4 is 27.7 Å². The van der Waals surface area contributed by atoms with E-state index in [4.69, 9.17) is 5.84 Å². The largest absolute Gasteiger partial charge is 0.271 e. The van der Waals surface area contributed by atoms with E-state index in [0.717, 1.165) is 10.2 Å². The highest BCUT2D eigenvalue weighted by atomic mass is 79.9. The molecule has 0 bridgehead atoms. The number of nitrogens with two attached hydrogens (primary N) is 1. The van der Waals surface area contributed by atoms with Gasteiger partial charge in [0.05, 0.1) is 0 Å². The molecule has 110 valence electrons. The zero-order chi connectivity index (χ0) is 14.8. The summed E-state index contributed by atoms with van der Waals surface area (Å²) in [4.78, 5) is 1.30. The van der Waals surface area contributed by atoms with Crippen LogP contribution in [0.15, 0.2) is 51.8 Å². The lowest BCUT2D eigenvalue weighted by molar-refractivity contribution is 0.454. The van der Waals surface area contributed by atoms with Gasteiger partial charge < -0.3 is 0 Å². The maximum Gasteiger partial charge on any atom is 0.127 e. The van der Waals surface area contributed by atoms with Crippen LogP contribution in [0.3, 0.4) is 0 Å². The zero-order valence-electron chi connectivity index (χ0n) is 11.4. The Morgan fingerprint density at radius 1 is 1.33 bits per heavy atom. The van der Waals surface area contributed by atoms with Gasteiger partial charge in [0.2, 0.25) is 0 Å². The lowest BCUT2D eigenvalue weighted by Gasteiger charge is -2.23. The Bertz CT molecular complexity index is 650. The van der Waals surface area contributed by atoms with Crippen LogP contribution in [0.5, 0.6) is 0 Å². The monoisotopic (exact) mass is 366 g/mol. The molecule has 2 aromatic carbocycles. The molecule has 0 saturated heterocycles. The number of hydrazine groups is 1. The van der Waals surface area contributed by atoms with Crippen LogP contribution in [0, 0.1) is 5.82 Å². The number of rotatable bonds is 4. The van der Waals surface area contributed by atoms with Gasteiger partial charge in [0.25, 0.3) is 0 Å². The van der Waals surface area contributed by atoms with Crippen molar-refractivity contribution in [3.8, 4) is 0 Å². The summed E-state index contributed by atoms with van der Waals surface area (Å²) in [6, 6.07) is 13.6. The molecule has 0 radical (unpaired) electrons. The second kappa shape index (κ2) is 6.48. The number of thioether (sulfide) groups is 1. The van der Waals surface area contributed by atoms with Crippen molar-refractivity contribution in [2.45, 2.75) is 23.3 Å². The van der Waals surface area contributed by atoms with Gasteiger partial charge in [0, 0.05) is 27.1 Å². The number of halogens is 2. The molecule has 2 unspecified atom stereocenters. The number of hydrogen-bond donors (Lipinski definition) is 2. The molecule has 0 amide bonds. The van der Waals surface area contributed by atoms with E-state index in [-0.39, 0.29) is 11.9 Å². The normalized spacial score (nSPS) is 18.5. The second-order valence-electron chi connectivity index (χ2n) is 5.17. The molecule has 0 spiro atoms. The first-order chi connectivity index (χ1) is 10.2. The van der Waals surface area contributed by atoms with Crippen molar-refractivity contribution in [1.82, 2.24) is 5.43 Å². The molecule has 1 aliphatic rings. The second-order valence-corrected chi connectivity index (χ2v) is 7.15. The minimum Gasteiger partial charge on any atom is -0.271 e. The highest BCUT2D eigenvalue weighted by Crippen LogP contribution is 2.41. The van der Waals surface area contributed by atoms with E-state index in [1.54, 1.807) is 0 Å². The van der Waals surface area contributed by atoms with Gasteiger partial charge in [-0.05, 0) is 35.7 Å². The van der Waals surface area contributed by atoms with Gasteiger partial charge in [-0.15, -0.1) is 11.8 Å². The van der Waals surface area contributed by atoms with Crippen LogP contribution in [-0.4, -0.2) is 11.8 Å². The highest BCUT2D eigenvalue weighted by molar-refractivity contribution is 9.10. The van der Waals surface area contributed by atoms with Gasteiger partial charge in [0.15, 0.2) is 0 Å². The van der Waals surface area contributed by atoms with Gasteiger partial charge in [-0.2, -0.15) is 0 Å². The van der Waals surface area contributed by atoms with E-state index < -0.39 is 0 Å². The van der Waals surface area contributed by atoms with Gasteiger partial charge in [0.1, 0.15) is 5.82 Å². The van der Waals surface area contributed by atoms with Gasteiger partial charge >= 0.3 is 0 Å². The van der Waals surface area contributed by atoms with E-state index in [9.17, 15) is 4.39 Å². The van der Waals surface area contributed by atoms with Crippen molar-refractivity contribution in [2.75, 3.05) is 5.75 Å². The third-order valence-electron chi connectivity index (χ3n) is 3.89. The Morgan fingerprint density at radius 3 is 2.90 bits per heavy atom. The molecule has 0 aliphatic carbocycles. The standard InChI is InChI=1S/C16H16BrFN2S/c17-11-6-5-10(14(18)8-11)7-15(20-19)13-9-21-16-4-2-1-3-12(13)16/h1-6,8,13,15,20H,7,9,19H2. The Labute approximate surface area is 136 Å². The van der Waals surface area contributed by atoms with E-state index in [0.29, 0.717) is 17.9 Å². The molecule has 3 rings (SSSR count). The molecule has 2 nitrogen and oxygen atoms in total. The predicted octanol–water partition coefficient (Wildman–Crippen LogP) is 3.85. The Morgan fingerprint density at radius 2 is 2.14 bits per heavy atom. The fourth-order valence-corrected chi connectivity index (χ4v) is 4.43. The third-order valence-corrected chi connectivity index (χ3v) is 5.59. The average Bonchev–Trinajstić information content (AvgIpc) is 2.91. The number of benzene rings is 2.